The average Bonchev–Trinajstić information content (AvgIpc) is 2.94. The number of halogens is 2. The van der Waals surface area contributed by atoms with Crippen molar-refractivity contribution >= 4 is 49.9 Å². The van der Waals surface area contributed by atoms with Crippen molar-refractivity contribution in [2.45, 2.75) is 44.4 Å². The standard InChI is InChI=1S/C19H18BrClN2OS.C2H6/c20-17(13-7-3-1-2-4-8-13)18(24)23-19-22-12-15(25-19)11-14-9-5-6-10-16(14)21;1-2/h3,5-10,12,17H,1-2,4,11H2,(H,22,23,24);1-2H3. The zero-order valence-corrected chi connectivity index (χ0v) is 18.7. The van der Waals surface area contributed by atoms with Gasteiger partial charge in [-0.05, 0) is 36.5 Å². The number of allylic oxidation sites excluding steroid dienone is 3. The molecule has 0 saturated heterocycles. The summed E-state index contributed by atoms with van der Waals surface area (Å²) in [4.78, 5) is 17.5. The van der Waals surface area contributed by atoms with Crippen molar-refractivity contribution in [1.29, 1.82) is 0 Å². The Bertz CT molecular complexity index is 816. The maximum Gasteiger partial charge on any atom is 0.244 e. The van der Waals surface area contributed by atoms with E-state index in [0.717, 1.165) is 40.3 Å². The van der Waals surface area contributed by atoms with E-state index < -0.39 is 0 Å². The van der Waals surface area contributed by atoms with Crippen LogP contribution in [-0.2, 0) is 11.2 Å². The first-order chi connectivity index (χ1) is 13.1. The molecular formula is C21H24BrClN2OS. The number of carbonyl (C=O) groups excluding carboxylic acids is 1. The molecule has 1 atom stereocenters. The van der Waals surface area contributed by atoms with Gasteiger partial charge in [0.15, 0.2) is 5.13 Å². The van der Waals surface area contributed by atoms with Crippen LogP contribution in [0.4, 0.5) is 5.13 Å². The SMILES string of the molecule is CC.O=C(Nc1ncc(Cc2ccccc2Cl)s1)C(Br)C1=CCCCC=C1. The van der Waals surface area contributed by atoms with E-state index in [-0.39, 0.29) is 10.7 Å². The van der Waals surface area contributed by atoms with Gasteiger partial charge in [0.25, 0.3) is 0 Å². The Kier molecular flexibility index (Phi) is 9.25. The van der Waals surface area contributed by atoms with Gasteiger partial charge in [-0.2, -0.15) is 0 Å². The number of nitrogens with zero attached hydrogens (tertiary/aromatic N) is 1. The number of aromatic nitrogens is 1. The highest BCUT2D eigenvalue weighted by Gasteiger charge is 2.20. The molecule has 1 aliphatic rings. The maximum atomic E-state index is 12.5. The van der Waals surface area contributed by atoms with E-state index in [1.54, 1.807) is 6.20 Å². The van der Waals surface area contributed by atoms with Crippen LogP contribution in [0, 0.1) is 0 Å². The third kappa shape index (κ3) is 6.59. The predicted octanol–water partition coefficient (Wildman–Crippen LogP) is 6.78. The predicted molar refractivity (Wildman–Crippen MR) is 120 cm³/mol. The maximum absolute atomic E-state index is 12.5. The van der Waals surface area contributed by atoms with Crippen LogP contribution in [0.25, 0.3) is 0 Å². The first-order valence-electron chi connectivity index (χ1n) is 9.13. The third-order valence-corrected chi connectivity index (χ3v) is 6.12. The van der Waals surface area contributed by atoms with Crippen LogP contribution in [0.2, 0.25) is 5.02 Å². The minimum atomic E-state index is -0.363. The molecule has 0 saturated carbocycles. The molecule has 1 N–H and O–H groups in total. The molecule has 1 aliphatic carbocycles. The molecule has 1 amide bonds. The molecule has 144 valence electrons. The number of carbonyl (C=O) groups is 1. The smallest absolute Gasteiger partial charge is 0.244 e. The molecule has 1 aromatic carbocycles. The number of hydrogen-bond acceptors (Lipinski definition) is 3. The number of thiazole rings is 1. The van der Waals surface area contributed by atoms with Crippen LogP contribution in [-0.4, -0.2) is 15.7 Å². The molecule has 1 heterocycles. The fourth-order valence-corrected chi connectivity index (χ4v) is 4.07. The van der Waals surface area contributed by atoms with Gasteiger partial charge in [-0.25, -0.2) is 4.98 Å². The first-order valence-corrected chi connectivity index (χ1v) is 11.2. The van der Waals surface area contributed by atoms with Crippen molar-refractivity contribution < 1.29 is 4.79 Å². The highest BCUT2D eigenvalue weighted by atomic mass is 79.9. The zero-order chi connectivity index (χ0) is 19.6. The Labute approximate surface area is 178 Å². The van der Waals surface area contributed by atoms with Crippen LogP contribution in [0.15, 0.2) is 54.3 Å². The largest absolute Gasteiger partial charge is 0.301 e. The summed E-state index contributed by atoms with van der Waals surface area (Å²) in [5, 5.41) is 4.24. The van der Waals surface area contributed by atoms with Crippen molar-refractivity contribution in [2.24, 2.45) is 0 Å². The molecule has 1 unspecified atom stereocenters. The number of benzene rings is 1. The molecule has 0 aliphatic heterocycles. The van der Waals surface area contributed by atoms with Gasteiger partial charge in [0, 0.05) is 22.5 Å². The second-order valence-electron chi connectivity index (χ2n) is 5.79. The average molecular weight is 468 g/mol. The molecular weight excluding hydrogens is 444 g/mol. The monoisotopic (exact) mass is 466 g/mol. The van der Waals surface area contributed by atoms with Gasteiger partial charge in [-0.1, -0.05) is 77.8 Å². The topological polar surface area (TPSA) is 42.0 Å². The van der Waals surface area contributed by atoms with Crippen LogP contribution in [0.5, 0.6) is 0 Å². The summed E-state index contributed by atoms with van der Waals surface area (Å²) in [6.07, 6.45) is 11.9. The zero-order valence-electron chi connectivity index (χ0n) is 15.5. The molecule has 27 heavy (non-hydrogen) atoms. The van der Waals surface area contributed by atoms with E-state index >= 15 is 0 Å². The Balaban J connectivity index is 0.00000126. The van der Waals surface area contributed by atoms with E-state index in [2.05, 4.69) is 38.4 Å². The summed E-state index contributed by atoms with van der Waals surface area (Å²) in [6.45, 7) is 4.00. The number of hydrogen-bond donors (Lipinski definition) is 1. The molecule has 3 rings (SSSR count). The minimum Gasteiger partial charge on any atom is -0.301 e. The molecule has 0 bridgehead atoms. The summed E-state index contributed by atoms with van der Waals surface area (Å²) in [5.41, 5.74) is 2.06. The van der Waals surface area contributed by atoms with Gasteiger partial charge in [0.1, 0.15) is 4.83 Å². The Morgan fingerprint density at radius 3 is 2.89 bits per heavy atom. The van der Waals surface area contributed by atoms with Crippen molar-refractivity contribution in [2.75, 3.05) is 5.32 Å². The molecule has 3 nitrogen and oxygen atoms in total. The number of alkyl halides is 1. The van der Waals surface area contributed by atoms with Crippen LogP contribution < -0.4 is 5.32 Å². The van der Waals surface area contributed by atoms with Crippen LogP contribution >= 0.6 is 38.9 Å². The Morgan fingerprint density at radius 2 is 2.11 bits per heavy atom. The molecule has 0 spiro atoms. The molecule has 2 aromatic rings. The van der Waals surface area contributed by atoms with Gasteiger partial charge in [-0.3, -0.25) is 4.79 Å². The lowest BCUT2D eigenvalue weighted by Crippen LogP contribution is -2.23. The summed E-state index contributed by atoms with van der Waals surface area (Å²) < 4.78 is 0. The number of nitrogens with one attached hydrogen (secondary N) is 1. The highest BCUT2D eigenvalue weighted by Crippen LogP contribution is 2.26. The second-order valence-corrected chi connectivity index (χ2v) is 8.23. The highest BCUT2D eigenvalue weighted by molar-refractivity contribution is 9.10. The summed E-state index contributed by atoms with van der Waals surface area (Å²) in [6, 6.07) is 7.76. The van der Waals surface area contributed by atoms with Crippen LogP contribution in [0.1, 0.15) is 43.6 Å². The first kappa shape index (κ1) is 21.9. The van der Waals surface area contributed by atoms with Crippen molar-refractivity contribution in [1.82, 2.24) is 4.98 Å². The van der Waals surface area contributed by atoms with Gasteiger partial charge in [0.05, 0.1) is 0 Å². The molecule has 1 aromatic heterocycles. The Morgan fingerprint density at radius 1 is 1.33 bits per heavy atom. The van der Waals surface area contributed by atoms with Crippen molar-refractivity contribution in [3.63, 3.8) is 0 Å². The molecule has 6 heteroatoms. The lowest BCUT2D eigenvalue weighted by atomic mass is 10.1. The van der Waals surface area contributed by atoms with Gasteiger partial charge >= 0.3 is 0 Å². The van der Waals surface area contributed by atoms with Gasteiger partial charge in [-0.15, -0.1) is 11.3 Å². The van der Waals surface area contributed by atoms with Crippen LogP contribution in [0.3, 0.4) is 0 Å². The summed E-state index contributed by atoms with van der Waals surface area (Å²) in [5.74, 6) is -0.101. The normalized spacial score (nSPS) is 14.4. The van der Waals surface area contributed by atoms with Gasteiger partial charge in [0.2, 0.25) is 5.91 Å². The van der Waals surface area contributed by atoms with E-state index in [1.807, 2.05) is 44.2 Å². The quantitative estimate of drug-likeness (QED) is 0.492. The lowest BCUT2D eigenvalue weighted by molar-refractivity contribution is -0.115. The van der Waals surface area contributed by atoms with Crippen molar-refractivity contribution in [3.8, 4) is 0 Å². The summed E-state index contributed by atoms with van der Waals surface area (Å²) in [7, 11) is 0. The lowest BCUT2D eigenvalue weighted by Gasteiger charge is -2.10. The van der Waals surface area contributed by atoms with E-state index in [4.69, 9.17) is 11.6 Å². The van der Waals surface area contributed by atoms with E-state index in [0.29, 0.717) is 11.6 Å². The fraction of sp³-hybridized carbons (Fsp3) is 0.333. The van der Waals surface area contributed by atoms with Gasteiger partial charge < -0.3 is 5.32 Å². The van der Waals surface area contributed by atoms with E-state index in [9.17, 15) is 4.79 Å². The Hall–Kier alpha value is -1.43. The van der Waals surface area contributed by atoms with Crippen molar-refractivity contribution in [3.05, 3.63) is 69.7 Å². The molecule has 0 fully saturated rings. The fourth-order valence-electron chi connectivity index (χ4n) is 2.58. The molecule has 0 radical (unpaired) electrons. The minimum absolute atomic E-state index is 0.101. The second kappa shape index (κ2) is 11.4. The third-order valence-electron chi connectivity index (χ3n) is 3.89. The number of amides is 1. The van der Waals surface area contributed by atoms with E-state index in [1.165, 1.54) is 11.3 Å². The number of anilines is 1. The summed E-state index contributed by atoms with van der Waals surface area (Å²) >= 11 is 11.2. The number of rotatable bonds is 5.